The highest BCUT2D eigenvalue weighted by Gasteiger charge is 2.19. The molecule has 6 nitrogen and oxygen atoms in total. The number of nitrogens with zero attached hydrogens (tertiary/aromatic N) is 1. The smallest absolute Gasteiger partial charge is 0.266 e. The van der Waals surface area contributed by atoms with Crippen molar-refractivity contribution in [2.45, 2.75) is 4.90 Å². The second-order valence-corrected chi connectivity index (χ2v) is 5.35. The molecule has 1 aromatic heterocycles. The third-order valence-electron chi connectivity index (χ3n) is 2.37. The average molecular weight is 279 g/mol. The fourth-order valence-corrected chi connectivity index (χ4v) is 2.71. The molecule has 0 amide bonds. The number of methoxy groups -OCH3 is 1. The number of nitrogen functional groups attached to an aromatic ring is 1. The Kier molecular flexibility index (Phi) is 3.57. The molecular formula is C12H13N3O3S. The van der Waals surface area contributed by atoms with Crippen molar-refractivity contribution in [1.29, 1.82) is 0 Å². The monoisotopic (exact) mass is 279 g/mol. The van der Waals surface area contributed by atoms with E-state index in [-0.39, 0.29) is 22.3 Å². The van der Waals surface area contributed by atoms with Gasteiger partial charge in [-0.25, -0.2) is 13.4 Å². The molecule has 0 saturated carbocycles. The van der Waals surface area contributed by atoms with E-state index in [0.717, 1.165) is 0 Å². The summed E-state index contributed by atoms with van der Waals surface area (Å²) in [4.78, 5) is 3.93. The zero-order valence-electron chi connectivity index (χ0n) is 10.2. The molecule has 1 aromatic carbocycles. The van der Waals surface area contributed by atoms with Crippen LogP contribution in [0.1, 0.15) is 0 Å². The van der Waals surface area contributed by atoms with E-state index in [1.165, 1.54) is 19.2 Å². The third kappa shape index (κ3) is 2.94. The summed E-state index contributed by atoms with van der Waals surface area (Å²) in [5.74, 6) is 0.657. The van der Waals surface area contributed by atoms with Crippen molar-refractivity contribution in [2.24, 2.45) is 0 Å². The minimum Gasteiger partial charge on any atom is -0.495 e. The summed E-state index contributed by atoms with van der Waals surface area (Å²) >= 11 is 0. The van der Waals surface area contributed by atoms with Crippen molar-refractivity contribution >= 4 is 21.7 Å². The topological polar surface area (TPSA) is 94.3 Å². The predicted octanol–water partition coefficient (Wildman–Crippen LogP) is 1.47. The van der Waals surface area contributed by atoms with Gasteiger partial charge in [0.15, 0.2) is 0 Å². The molecule has 19 heavy (non-hydrogen) atoms. The molecule has 3 N–H and O–H groups in total. The van der Waals surface area contributed by atoms with Gasteiger partial charge in [-0.05, 0) is 24.3 Å². The number of sulfonamides is 1. The van der Waals surface area contributed by atoms with E-state index < -0.39 is 10.0 Å². The number of benzene rings is 1. The van der Waals surface area contributed by atoms with E-state index in [1.54, 1.807) is 30.3 Å². The Morgan fingerprint density at radius 3 is 2.58 bits per heavy atom. The lowest BCUT2D eigenvalue weighted by Gasteiger charge is -2.10. The summed E-state index contributed by atoms with van der Waals surface area (Å²) in [6, 6.07) is 11.0. The van der Waals surface area contributed by atoms with Crippen LogP contribution in [0.15, 0.2) is 47.4 Å². The van der Waals surface area contributed by atoms with Crippen molar-refractivity contribution in [3.8, 4) is 5.75 Å². The summed E-state index contributed by atoms with van der Waals surface area (Å²) in [6.07, 6.45) is 0. The number of aromatic nitrogens is 1. The molecule has 0 atom stereocenters. The van der Waals surface area contributed by atoms with Crippen molar-refractivity contribution in [3.05, 3.63) is 42.5 Å². The van der Waals surface area contributed by atoms with Crippen LogP contribution in [0.2, 0.25) is 0 Å². The average Bonchev–Trinajstić information content (AvgIpc) is 2.38. The minimum absolute atomic E-state index is 0.0433. The van der Waals surface area contributed by atoms with Crippen LogP contribution in [0, 0.1) is 0 Å². The lowest BCUT2D eigenvalue weighted by atomic mass is 10.3. The summed E-state index contributed by atoms with van der Waals surface area (Å²) in [7, 11) is -2.36. The molecule has 0 saturated heterocycles. The van der Waals surface area contributed by atoms with E-state index in [0.29, 0.717) is 0 Å². The van der Waals surface area contributed by atoms with Gasteiger partial charge in [0.25, 0.3) is 10.0 Å². The van der Waals surface area contributed by atoms with Crippen LogP contribution < -0.4 is 15.2 Å². The second kappa shape index (κ2) is 5.15. The van der Waals surface area contributed by atoms with Crippen LogP contribution in [-0.2, 0) is 10.0 Å². The summed E-state index contributed by atoms with van der Waals surface area (Å²) in [6.45, 7) is 0. The molecule has 0 aliphatic rings. The van der Waals surface area contributed by atoms with Gasteiger partial charge in [-0.15, -0.1) is 0 Å². The SMILES string of the molecule is COc1ccccc1S(=O)(=O)Nc1cccc(N)n1. The first kappa shape index (κ1) is 13.2. The van der Waals surface area contributed by atoms with Crippen LogP contribution >= 0.6 is 0 Å². The minimum atomic E-state index is -3.77. The zero-order valence-corrected chi connectivity index (χ0v) is 11.0. The van der Waals surface area contributed by atoms with Crippen molar-refractivity contribution in [1.82, 2.24) is 4.98 Å². The first-order valence-corrected chi connectivity index (χ1v) is 6.89. The van der Waals surface area contributed by atoms with Crippen molar-refractivity contribution in [3.63, 3.8) is 0 Å². The Balaban J connectivity index is 2.38. The van der Waals surface area contributed by atoms with Crippen LogP contribution in [-0.4, -0.2) is 20.5 Å². The molecule has 0 radical (unpaired) electrons. The quantitative estimate of drug-likeness (QED) is 0.883. The maximum absolute atomic E-state index is 12.2. The molecule has 100 valence electrons. The molecule has 0 unspecified atom stereocenters. The standard InChI is InChI=1S/C12H13N3O3S/c1-18-9-5-2-3-6-10(9)19(16,17)15-12-8-4-7-11(13)14-12/h2-8H,1H3,(H3,13,14,15). The third-order valence-corrected chi connectivity index (χ3v) is 3.76. The Morgan fingerprint density at radius 1 is 1.16 bits per heavy atom. The van der Waals surface area contributed by atoms with Crippen LogP contribution in [0.4, 0.5) is 11.6 Å². The van der Waals surface area contributed by atoms with Gasteiger partial charge in [-0.1, -0.05) is 18.2 Å². The highest BCUT2D eigenvalue weighted by atomic mass is 32.2. The maximum atomic E-state index is 12.2. The molecule has 1 heterocycles. The Morgan fingerprint density at radius 2 is 1.89 bits per heavy atom. The molecule has 0 aliphatic carbocycles. The van der Waals surface area contributed by atoms with E-state index in [9.17, 15) is 8.42 Å². The molecular weight excluding hydrogens is 266 g/mol. The Hall–Kier alpha value is -2.28. The molecule has 0 bridgehead atoms. The van der Waals surface area contributed by atoms with E-state index in [4.69, 9.17) is 10.5 Å². The summed E-state index contributed by atoms with van der Waals surface area (Å²) < 4.78 is 31.8. The fraction of sp³-hybridized carbons (Fsp3) is 0.0833. The van der Waals surface area contributed by atoms with Gasteiger partial charge in [0.1, 0.15) is 22.3 Å². The van der Waals surface area contributed by atoms with Crippen LogP contribution in [0.25, 0.3) is 0 Å². The van der Waals surface area contributed by atoms with Gasteiger partial charge >= 0.3 is 0 Å². The number of para-hydroxylation sites is 1. The summed E-state index contributed by atoms with van der Waals surface area (Å²) in [5, 5.41) is 0. The van der Waals surface area contributed by atoms with E-state index in [2.05, 4.69) is 9.71 Å². The lowest BCUT2D eigenvalue weighted by molar-refractivity contribution is 0.403. The number of nitrogens with two attached hydrogens (primary N) is 1. The van der Waals surface area contributed by atoms with Crippen molar-refractivity contribution < 1.29 is 13.2 Å². The number of ether oxygens (including phenoxy) is 1. The molecule has 7 heteroatoms. The summed E-state index contributed by atoms with van der Waals surface area (Å²) in [5.41, 5.74) is 5.50. The number of hydrogen-bond donors (Lipinski definition) is 2. The highest BCUT2D eigenvalue weighted by Crippen LogP contribution is 2.24. The molecule has 0 spiro atoms. The Bertz CT molecular complexity index is 686. The Labute approximate surface area is 111 Å². The number of hydrogen-bond acceptors (Lipinski definition) is 5. The number of pyridine rings is 1. The molecule has 0 fully saturated rings. The number of rotatable bonds is 4. The largest absolute Gasteiger partial charge is 0.495 e. The molecule has 2 rings (SSSR count). The highest BCUT2D eigenvalue weighted by molar-refractivity contribution is 7.92. The van der Waals surface area contributed by atoms with Gasteiger partial charge in [-0.3, -0.25) is 4.72 Å². The normalized spacial score (nSPS) is 11.0. The lowest BCUT2D eigenvalue weighted by Crippen LogP contribution is -2.15. The first-order valence-electron chi connectivity index (χ1n) is 5.41. The van der Waals surface area contributed by atoms with E-state index >= 15 is 0 Å². The fourth-order valence-electron chi connectivity index (χ4n) is 1.54. The molecule has 0 aliphatic heterocycles. The number of anilines is 2. The van der Waals surface area contributed by atoms with Gasteiger partial charge < -0.3 is 10.5 Å². The van der Waals surface area contributed by atoms with Gasteiger partial charge in [0, 0.05) is 0 Å². The van der Waals surface area contributed by atoms with E-state index in [1.807, 2.05) is 0 Å². The van der Waals surface area contributed by atoms with Gasteiger partial charge in [-0.2, -0.15) is 0 Å². The number of nitrogens with one attached hydrogen (secondary N) is 1. The first-order chi connectivity index (χ1) is 9.03. The molecule has 2 aromatic rings. The van der Waals surface area contributed by atoms with Gasteiger partial charge in [0.05, 0.1) is 7.11 Å². The van der Waals surface area contributed by atoms with Crippen molar-refractivity contribution in [2.75, 3.05) is 17.6 Å². The zero-order chi connectivity index (χ0) is 13.9. The van der Waals surface area contributed by atoms with Crippen LogP contribution in [0.5, 0.6) is 5.75 Å². The second-order valence-electron chi connectivity index (χ2n) is 3.70. The van der Waals surface area contributed by atoms with Gasteiger partial charge in [0.2, 0.25) is 0 Å². The van der Waals surface area contributed by atoms with Crippen LogP contribution in [0.3, 0.4) is 0 Å². The maximum Gasteiger partial charge on any atom is 0.266 e. The predicted molar refractivity (Wildman–Crippen MR) is 72.5 cm³/mol.